The molecule has 1 aliphatic rings. The number of para-hydroxylation sites is 1. The lowest BCUT2D eigenvalue weighted by Gasteiger charge is -2.30. The van der Waals surface area contributed by atoms with Gasteiger partial charge in [-0.3, -0.25) is 19.2 Å². The second-order valence-corrected chi connectivity index (χ2v) is 13.1. The smallest absolute Gasteiger partial charge is 0.303 e. The number of benzene rings is 3. The van der Waals surface area contributed by atoms with Crippen LogP contribution in [0.15, 0.2) is 77.7 Å². The van der Waals surface area contributed by atoms with Crippen molar-refractivity contribution in [2.75, 3.05) is 23.7 Å². The molecule has 3 aromatic carbocycles. The number of hydrogen-bond acceptors (Lipinski definition) is 7. The minimum atomic E-state index is -0.905. The number of carbonyl (C=O) groups excluding carboxylic acids is 3. The monoisotopic (exact) mass is 646 g/mol. The SMILES string of the molecule is C[C@@H](O)CC(C)(CN)CC(=O)N[C@@H]1CSc2ccccc2N(Cc2ccc(-c3ccccc3C(=O)NCCCC(=O)O)cc2)C1=O. The van der Waals surface area contributed by atoms with Gasteiger partial charge in [0.2, 0.25) is 5.91 Å². The Labute approximate surface area is 273 Å². The van der Waals surface area contributed by atoms with E-state index in [0.29, 0.717) is 24.2 Å². The van der Waals surface area contributed by atoms with Crippen molar-refractivity contribution in [1.29, 1.82) is 0 Å². The third kappa shape index (κ3) is 9.18. The Morgan fingerprint density at radius 3 is 2.46 bits per heavy atom. The van der Waals surface area contributed by atoms with Gasteiger partial charge >= 0.3 is 5.97 Å². The molecule has 244 valence electrons. The Morgan fingerprint density at radius 1 is 1.07 bits per heavy atom. The van der Waals surface area contributed by atoms with Gasteiger partial charge in [-0.05, 0) is 66.6 Å². The average molecular weight is 647 g/mol. The maximum atomic E-state index is 14.0. The third-order valence-corrected chi connectivity index (χ3v) is 9.12. The molecule has 0 aliphatic carbocycles. The Morgan fingerprint density at radius 2 is 1.76 bits per heavy atom. The van der Waals surface area contributed by atoms with Gasteiger partial charge in [0.1, 0.15) is 6.04 Å². The summed E-state index contributed by atoms with van der Waals surface area (Å²) in [6.45, 7) is 4.30. The zero-order valence-electron chi connectivity index (χ0n) is 26.2. The number of thioether (sulfide) groups is 1. The highest BCUT2D eigenvalue weighted by Crippen LogP contribution is 2.36. The number of aliphatic hydroxyl groups excluding tert-OH is 1. The molecule has 46 heavy (non-hydrogen) atoms. The molecule has 11 heteroatoms. The van der Waals surface area contributed by atoms with E-state index in [1.165, 1.54) is 11.8 Å². The first-order valence-electron chi connectivity index (χ1n) is 15.4. The lowest BCUT2D eigenvalue weighted by molar-refractivity contribution is -0.137. The van der Waals surface area contributed by atoms with E-state index >= 15 is 0 Å². The highest BCUT2D eigenvalue weighted by atomic mass is 32.2. The summed E-state index contributed by atoms with van der Waals surface area (Å²) in [5.74, 6) is -1.31. The van der Waals surface area contributed by atoms with Crippen molar-refractivity contribution in [3.05, 3.63) is 83.9 Å². The Kier molecular flexibility index (Phi) is 12.0. The van der Waals surface area contributed by atoms with Crippen LogP contribution in [0.5, 0.6) is 0 Å². The molecule has 3 aromatic rings. The number of carbonyl (C=O) groups is 4. The molecule has 0 fully saturated rings. The number of nitrogens with two attached hydrogens (primary N) is 1. The highest BCUT2D eigenvalue weighted by Gasteiger charge is 2.34. The molecular weight excluding hydrogens is 604 g/mol. The lowest BCUT2D eigenvalue weighted by atomic mass is 9.81. The topological polar surface area (TPSA) is 162 Å². The molecule has 1 unspecified atom stereocenters. The van der Waals surface area contributed by atoms with Gasteiger partial charge < -0.3 is 31.5 Å². The number of aliphatic carboxylic acids is 1. The quantitative estimate of drug-likeness (QED) is 0.163. The summed E-state index contributed by atoms with van der Waals surface area (Å²) in [7, 11) is 0. The van der Waals surface area contributed by atoms with Gasteiger partial charge in [0.25, 0.3) is 11.8 Å². The van der Waals surface area contributed by atoms with E-state index in [1.54, 1.807) is 24.0 Å². The highest BCUT2D eigenvalue weighted by molar-refractivity contribution is 7.99. The van der Waals surface area contributed by atoms with Gasteiger partial charge in [0.05, 0.1) is 18.3 Å². The number of hydrogen-bond donors (Lipinski definition) is 5. The van der Waals surface area contributed by atoms with Crippen molar-refractivity contribution in [2.24, 2.45) is 11.1 Å². The van der Waals surface area contributed by atoms with Crippen LogP contribution in [0.25, 0.3) is 11.1 Å². The summed E-state index contributed by atoms with van der Waals surface area (Å²) in [6.07, 6.45) is 0.194. The Hall–Kier alpha value is -4.19. The second kappa shape index (κ2) is 15.9. The van der Waals surface area contributed by atoms with Crippen LogP contribution in [-0.2, 0) is 20.9 Å². The van der Waals surface area contributed by atoms with E-state index in [-0.39, 0.29) is 50.2 Å². The molecule has 4 rings (SSSR count). The van der Waals surface area contributed by atoms with Crippen molar-refractivity contribution >= 4 is 41.1 Å². The van der Waals surface area contributed by atoms with Gasteiger partial charge in [0.15, 0.2) is 0 Å². The van der Waals surface area contributed by atoms with E-state index in [2.05, 4.69) is 10.6 Å². The Balaban J connectivity index is 1.51. The number of aliphatic hydroxyl groups is 1. The second-order valence-electron chi connectivity index (χ2n) is 12.1. The number of amides is 3. The molecule has 0 saturated carbocycles. The van der Waals surface area contributed by atoms with Gasteiger partial charge in [-0.1, -0.05) is 61.5 Å². The molecule has 1 aliphatic heterocycles. The normalized spacial score (nSPS) is 16.5. The standard InChI is InChI=1S/C35H42N4O6S/c1-23(40)18-35(2,22-36)19-31(41)38-28-21-46-30-11-6-5-10-29(30)39(34(28)45)20-24-13-15-25(16-14-24)26-8-3-4-9-27(26)33(44)37-17-7-12-32(42)43/h3-6,8-11,13-16,23,28,40H,7,12,17-22,36H2,1-2H3,(H,37,44)(H,38,41)(H,42,43)/t23-,28-,35?/m1/s1. The van der Waals surface area contributed by atoms with Crippen LogP contribution in [0.1, 0.15) is 55.5 Å². The van der Waals surface area contributed by atoms with Gasteiger partial charge in [-0.2, -0.15) is 0 Å². The molecule has 3 amide bonds. The fourth-order valence-electron chi connectivity index (χ4n) is 5.64. The summed E-state index contributed by atoms with van der Waals surface area (Å²) >= 11 is 1.52. The molecule has 0 aromatic heterocycles. The molecule has 0 radical (unpaired) electrons. The summed E-state index contributed by atoms with van der Waals surface area (Å²) < 4.78 is 0. The Bertz CT molecular complexity index is 1550. The number of carboxylic acids is 1. The zero-order valence-corrected chi connectivity index (χ0v) is 27.0. The van der Waals surface area contributed by atoms with Crippen LogP contribution in [0.4, 0.5) is 5.69 Å². The largest absolute Gasteiger partial charge is 0.481 e. The minimum Gasteiger partial charge on any atom is -0.481 e. The van der Waals surface area contributed by atoms with Gasteiger partial charge in [-0.25, -0.2) is 0 Å². The molecule has 0 bridgehead atoms. The number of anilines is 1. The van der Waals surface area contributed by atoms with Crippen LogP contribution >= 0.6 is 11.8 Å². The average Bonchev–Trinajstić information content (AvgIpc) is 3.15. The van der Waals surface area contributed by atoms with Crippen LogP contribution in [0, 0.1) is 5.41 Å². The van der Waals surface area contributed by atoms with Crippen LogP contribution in [0.2, 0.25) is 0 Å². The number of rotatable bonds is 14. The number of fused-ring (bicyclic) bond motifs is 1. The number of nitrogens with one attached hydrogen (secondary N) is 2. The predicted octanol–water partition coefficient (Wildman–Crippen LogP) is 4.20. The van der Waals surface area contributed by atoms with Gasteiger partial charge in [-0.15, -0.1) is 11.8 Å². The van der Waals surface area contributed by atoms with Crippen LogP contribution < -0.4 is 21.3 Å². The maximum absolute atomic E-state index is 14.0. The van der Waals surface area contributed by atoms with Crippen LogP contribution in [0.3, 0.4) is 0 Å². The fraction of sp³-hybridized carbons (Fsp3) is 0.371. The number of carboxylic acid groups (broad SMARTS) is 1. The van der Waals surface area contributed by atoms with Crippen molar-refractivity contribution in [2.45, 2.75) is 63.1 Å². The first kappa shape index (κ1) is 34.7. The van der Waals surface area contributed by atoms with Gasteiger partial charge in [0, 0.05) is 35.6 Å². The van der Waals surface area contributed by atoms with E-state index < -0.39 is 23.5 Å². The summed E-state index contributed by atoms with van der Waals surface area (Å²) in [5.41, 5.74) is 9.03. The van der Waals surface area contributed by atoms with Crippen molar-refractivity contribution in [3.63, 3.8) is 0 Å². The molecule has 1 heterocycles. The predicted molar refractivity (Wildman–Crippen MR) is 179 cm³/mol. The first-order chi connectivity index (χ1) is 22.0. The van der Waals surface area contributed by atoms with E-state index in [1.807, 2.05) is 67.6 Å². The van der Waals surface area contributed by atoms with Crippen molar-refractivity contribution in [1.82, 2.24) is 10.6 Å². The fourth-order valence-corrected chi connectivity index (χ4v) is 6.71. The maximum Gasteiger partial charge on any atom is 0.303 e. The first-order valence-corrected chi connectivity index (χ1v) is 16.4. The lowest BCUT2D eigenvalue weighted by Crippen LogP contribution is -2.50. The van der Waals surface area contributed by atoms with Crippen molar-refractivity contribution in [3.8, 4) is 11.1 Å². The summed E-state index contributed by atoms with van der Waals surface area (Å²) in [6, 6.07) is 21.8. The zero-order chi connectivity index (χ0) is 33.3. The van der Waals surface area contributed by atoms with E-state index in [4.69, 9.17) is 10.8 Å². The molecule has 3 atom stereocenters. The number of nitrogens with zero attached hydrogens (tertiary/aromatic N) is 1. The molecule has 0 saturated heterocycles. The molecule has 6 N–H and O–H groups in total. The third-order valence-electron chi connectivity index (χ3n) is 7.96. The van der Waals surface area contributed by atoms with Crippen LogP contribution in [-0.4, -0.2) is 64.9 Å². The molecule has 0 spiro atoms. The molecule has 10 nitrogen and oxygen atoms in total. The minimum absolute atomic E-state index is 0.0170. The van der Waals surface area contributed by atoms with E-state index in [9.17, 15) is 24.3 Å². The van der Waals surface area contributed by atoms with E-state index in [0.717, 1.165) is 27.3 Å². The summed E-state index contributed by atoms with van der Waals surface area (Å²) in [5, 5.41) is 24.5. The molecular formula is C35H42N4O6S. The summed E-state index contributed by atoms with van der Waals surface area (Å²) in [4.78, 5) is 53.4. The van der Waals surface area contributed by atoms with Crippen molar-refractivity contribution < 1.29 is 29.4 Å².